The number of hydrogen-bond donors (Lipinski definition) is 2. The SMILES string of the molecule is COc1cc(/C=N/NC(=O)c2ccc(COc3ccc(-n4c(C)ccc4C)cc3)o2)c(Br)c(Br)c1OCC(=O)Nc1ccccc1. The van der Waals surface area contributed by atoms with Crippen molar-refractivity contribution in [1.82, 2.24) is 9.99 Å². The van der Waals surface area contributed by atoms with Crippen molar-refractivity contribution < 1.29 is 28.2 Å². The zero-order chi connectivity index (χ0) is 32.6. The Balaban J connectivity index is 1.15. The molecule has 12 heteroatoms. The second kappa shape index (κ2) is 15.0. The molecule has 2 heterocycles. The van der Waals surface area contributed by atoms with Crippen LogP contribution in [0.5, 0.6) is 17.2 Å². The van der Waals surface area contributed by atoms with Crippen molar-refractivity contribution in [3.05, 3.63) is 122 Å². The molecule has 5 aromatic rings. The Bertz CT molecular complexity index is 1850. The lowest BCUT2D eigenvalue weighted by Gasteiger charge is -2.15. The number of carbonyl (C=O) groups is 2. The normalized spacial score (nSPS) is 11.0. The Kier molecular flexibility index (Phi) is 10.6. The molecule has 0 radical (unpaired) electrons. The van der Waals surface area contributed by atoms with Crippen LogP contribution in [0, 0.1) is 13.8 Å². The van der Waals surface area contributed by atoms with Gasteiger partial charge in [-0.3, -0.25) is 9.59 Å². The maximum Gasteiger partial charge on any atom is 0.307 e. The number of furan rings is 1. The van der Waals surface area contributed by atoms with Crippen molar-refractivity contribution in [2.45, 2.75) is 20.5 Å². The van der Waals surface area contributed by atoms with Crippen molar-refractivity contribution in [2.24, 2.45) is 5.10 Å². The molecule has 2 aromatic heterocycles. The van der Waals surface area contributed by atoms with E-state index in [2.05, 4.69) is 78.3 Å². The standard InChI is InChI=1S/C34H30Br2N4O6/c1-21-9-10-22(2)40(21)25-11-13-26(14-12-25)44-19-27-15-16-28(46-27)34(42)39-37-18-23-17-29(43-3)33(32(36)31(23)35)45-20-30(41)38-24-7-5-4-6-8-24/h4-18H,19-20H2,1-3H3,(H,38,41)(H,39,42)/b37-18+. The number of rotatable bonds is 12. The molecule has 0 spiro atoms. The molecule has 2 amide bonds. The van der Waals surface area contributed by atoms with Gasteiger partial charge in [-0.2, -0.15) is 5.10 Å². The van der Waals surface area contributed by atoms with E-state index in [9.17, 15) is 9.59 Å². The molecule has 3 aromatic carbocycles. The van der Waals surface area contributed by atoms with Crippen molar-refractivity contribution >= 4 is 55.6 Å². The summed E-state index contributed by atoms with van der Waals surface area (Å²) < 4.78 is 26.0. The zero-order valence-corrected chi connectivity index (χ0v) is 28.3. The van der Waals surface area contributed by atoms with Gasteiger partial charge in [0.05, 0.1) is 17.8 Å². The number of amides is 2. The third kappa shape index (κ3) is 7.88. The van der Waals surface area contributed by atoms with E-state index < -0.39 is 5.91 Å². The van der Waals surface area contributed by atoms with Crippen molar-refractivity contribution in [3.8, 4) is 22.9 Å². The van der Waals surface area contributed by atoms with E-state index in [4.69, 9.17) is 18.6 Å². The number of para-hydroxylation sites is 1. The van der Waals surface area contributed by atoms with E-state index in [1.807, 2.05) is 42.5 Å². The number of aryl methyl sites for hydroxylation is 2. The number of hydrogen-bond acceptors (Lipinski definition) is 7. The van der Waals surface area contributed by atoms with Crippen molar-refractivity contribution in [1.29, 1.82) is 0 Å². The largest absolute Gasteiger partial charge is 0.493 e. The monoisotopic (exact) mass is 748 g/mol. The molecule has 0 saturated heterocycles. The smallest absolute Gasteiger partial charge is 0.307 e. The number of carbonyl (C=O) groups excluding carboxylic acids is 2. The molecule has 236 valence electrons. The van der Waals surface area contributed by atoms with Crippen LogP contribution in [0.3, 0.4) is 0 Å². The molecular formula is C34H30Br2N4O6. The van der Waals surface area contributed by atoms with Gasteiger partial charge in [0.2, 0.25) is 0 Å². The fourth-order valence-electron chi connectivity index (χ4n) is 4.56. The second-order valence-corrected chi connectivity index (χ2v) is 11.6. The van der Waals surface area contributed by atoms with Crippen LogP contribution < -0.4 is 25.0 Å². The summed E-state index contributed by atoms with van der Waals surface area (Å²) in [6.07, 6.45) is 1.44. The van der Waals surface area contributed by atoms with Crippen LogP contribution >= 0.6 is 31.9 Å². The van der Waals surface area contributed by atoms with Gasteiger partial charge < -0.3 is 28.5 Å². The highest BCUT2D eigenvalue weighted by atomic mass is 79.9. The number of benzene rings is 3. The molecule has 10 nitrogen and oxygen atoms in total. The van der Waals surface area contributed by atoms with Gasteiger partial charge in [0.25, 0.3) is 5.91 Å². The second-order valence-electron chi connectivity index (χ2n) is 10.0. The summed E-state index contributed by atoms with van der Waals surface area (Å²) in [5.41, 5.74) is 7.06. The predicted molar refractivity (Wildman–Crippen MR) is 182 cm³/mol. The van der Waals surface area contributed by atoms with Crippen LogP contribution in [0.4, 0.5) is 5.69 Å². The summed E-state index contributed by atoms with van der Waals surface area (Å²) in [7, 11) is 1.48. The van der Waals surface area contributed by atoms with E-state index in [-0.39, 0.29) is 24.9 Å². The zero-order valence-electron chi connectivity index (χ0n) is 25.2. The van der Waals surface area contributed by atoms with Crippen LogP contribution in [-0.2, 0) is 11.4 Å². The summed E-state index contributed by atoms with van der Waals surface area (Å²) in [5, 5.41) is 6.82. The average molecular weight is 750 g/mol. The minimum absolute atomic E-state index is 0.0833. The molecule has 0 saturated carbocycles. The first-order chi connectivity index (χ1) is 22.2. The van der Waals surface area contributed by atoms with Crippen LogP contribution in [0.25, 0.3) is 5.69 Å². The first-order valence-electron chi connectivity index (χ1n) is 14.1. The fourth-order valence-corrected chi connectivity index (χ4v) is 5.49. The summed E-state index contributed by atoms with van der Waals surface area (Å²) in [4.78, 5) is 25.0. The molecule has 0 bridgehead atoms. The highest BCUT2D eigenvalue weighted by Crippen LogP contribution is 2.42. The predicted octanol–water partition coefficient (Wildman–Crippen LogP) is 7.58. The molecule has 2 N–H and O–H groups in total. The van der Waals surface area contributed by atoms with Crippen LogP contribution in [0.15, 0.2) is 103 Å². The lowest BCUT2D eigenvalue weighted by Crippen LogP contribution is -2.20. The van der Waals surface area contributed by atoms with Crippen LogP contribution in [-0.4, -0.2) is 36.3 Å². The Morgan fingerprint density at radius 1 is 0.913 bits per heavy atom. The number of ether oxygens (including phenoxy) is 3. The van der Waals surface area contributed by atoms with E-state index in [1.165, 1.54) is 13.3 Å². The van der Waals surface area contributed by atoms with Crippen molar-refractivity contribution in [2.75, 3.05) is 19.0 Å². The molecule has 5 rings (SSSR count). The van der Waals surface area contributed by atoms with Gasteiger partial charge in [0, 0.05) is 32.8 Å². The summed E-state index contributed by atoms with van der Waals surface area (Å²) in [6.45, 7) is 4.04. The van der Waals surface area contributed by atoms with E-state index in [0.717, 1.165) is 17.1 Å². The molecule has 46 heavy (non-hydrogen) atoms. The summed E-state index contributed by atoms with van der Waals surface area (Å²) in [6, 6.07) is 25.9. The minimum Gasteiger partial charge on any atom is -0.493 e. The molecule has 0 unspecified atom stereocenters. The first kappa shape index (κ1) is 32.6. The van der Waals surface area contributed by atoms with Gasteiger partial charge in [-0.15, -0.1) is 0 Å². The molecule has 0 aliphatic heterocycles. The maximum atomic E-state index is 12.7. The number of nitrogens with one attached hydrogen (secondary N) is 2. The van der Waals surface area contributed by atoms with Gasteiger partial charge in [0.15, 0.2) is 23.9 Å². The van der Waals surface area contributed by atoms with Crippen LogP contribution in [0.1, 0.15) is 33.3 Å². The Morgan fingerprint density at radius 2 is 1.63 bits per heavy atom. The topological polar surface area (TPSA) is 116 Å². The van der Waals surface area contributed by atoms with Crippen LogP contribution in [0.2, 0.25) is 0 Å². The quantitative estimate of drug-likeness (QED) is 0.100. The van der Waals surface area contributed by atoms with E-state index in [1.54, 1.807) is 30.3 Å². The summed E-state index contributed by atoms with van der Waals surface area (Å²) >= 11 is 7.00. The number of hydrazone groups is 1. The number of anilines is 1. The molecule has 0 atom stereocenters. The Labute approximate surface area is 282 Å². The highest BCUT2D eigenvalue weighted by Gasteiger charge is 2.18. The number of nitrogens with zero attached hydrogens (tertiary/aromatic N) is 2. The minimum atomic E-state index is -0.532. The maximum absolute atomic E-state index is 12.7. The summed E-state index contributed by atoms with van der Waals surface area (Å²) in [5.74, 6) is 1.07. The van der Waals surface area contributed by atoms with E-state index in [0.29, 0.717) is 43.2 Å². The van der Waals surface area contributed by atoms with Gasteiger partial charge in [0.1, 0.15) is 18.1 Å². The lowest BCUT2D eigenvalue weighted by atomic mass is 10.2. The van der Waals surface area contributed by atoms with Gasteiger partial charge in [-0.05, 0) is 112 Å². The Morgan fingerprint density at radius 3 is 2.33 bits per heavy atom. The number of aromatic nitrogens is 1. The molecular weight excluding hydrogens is 720 g/mol. The third-order valence-corrected chi connectivity index (χ3v) is 8.93. The fraction of sp³-hybridized carbons (Fsp3) is 0.147. The number of halogens is 2. The van der Waals surface area contributed by atoms with Crippen molar-refractivity contribution in [3.63, 3.8) is 0 Å². The Hall–Kier alpha value is -4.81. The highest BCUT2D eigenvalue weighted by molar-refractivity contribution is 9.13. The third-order valence-electron chi connectivity index (χ3n) is 6.78. The molecule has 0 aliphatic rings. The van der Waals surface area contributed by atoms with Gasteiger partial charge >= 0.3 is 5.91 Å². The molecule has 0 fully saturated rings. The molecule has 0 aliphatic carbocycles. The first-order valence-corrected chi connectivity index (χ1v) is 15.7. The van der Waals surface area contributed by atoms with Gasteiger partial charge in [-0.1, -0.05) is 18.2 Å². The van der Waals surface area contributed by atoms with E-state index >= 15 is 0 Å². The van der Waals surface area contributed by atoms with Gasteiger partial charge in [-0.25, -0.2) is 5.43 Å². The number of methoxy groups -OCH3 is 1. The average Bonchev–Trinajstić information content (AvgIpc) is 3.68. The lowest BCUT2D eigenvalue weighted by molar-refractivity contribution is -0.118.